The highest BCUT2D eigenvalue weighted by Gasteiger charge is 2.07. The fourth-order valence-corrected chi connectivity index (χ4v) is 1.62. The quantitative estimate of drug-likeness (QED) is 0.398. The van der Waals surface area contributed by atoms with Crippen LogP contribution in [0.3, 0.4) is 0 Å². The second-order valence-electron chi connectivity index (χ2n) is 4.20. The number of hydrogen-bond donors (Lipinski definition) is 3. The highest BCUT2D eigenvalue weighted by Crippen LogP contribution is 2.08. The first-order valence-electron chi connectivity index (χ1n) is 6.54. The van der Waals surface area contributed by atoms with E-state index in [4.69, 9.17) is 10.6 Å². The predicted molar refractivity (Wildman–Crippen MR) is 78.7 cm³/mol. The van der Waals surface area contributed by atoms with Crippen molar-refractivity contribution in [1.29, 1.82) is 0 Å². The second kappa shape index (κ2) is 7.81. The van der Waals surface area contributed by atoms with Gasteiger partial charge in [0.2, 0.25) is 0 Å². The third-order valence-corrected chi connectivity index (χ3v) is 2.63. The summed E-state index contributed by atoms with van der Waals surface area (Å²) in [5.74, 6) is 6.08. The molecule has 2 aromatic rings. The van der Waals surface area contributed by atoms with Gasteiger partial charge in [0.15, 0.2) is 5.82 Å². The standard InChI is InChI=1S/C14H17N5O2/c15-19-13-10-16-9-12(18-13)14(20)17-7-4-8-21-11-5-2-1-3-6-11/h1-3,5-6,9-10H,4,7-8,15H2,(H,17,20)(H,18,19). The van der Waals surface area contributed by atoms with Crippen molar-refractivity contribution < 1.29 is 9.53 Å². The molecule has 1 heterocycles. The number of hydrogen-bond acceptors (Lipinski definition) is 6. The smallest absolute Gasteiger partial charge is 0.271 e. The summed E-state index contributed by atoms with van der Waals surface area (Å²) in [7, 11) is 0. The molecule has 0 fully saturated rings. The van der Waals surface area contributed by atoms with E-state index in [1.54, 1.807) is 0 Å². The van der Waals surface area contributed by atoms with Crippen LogP contribution in [0.25, 0.3) is 0 Å². The highest BCUT2D eigenvalue weighted by atomic mass is 16.5. The van der Waals surface area contributed by atoms with Crippen LogP contribution in [0.5, 0.6) is 5.75 Å². The molecule has 0 radical (unpaired) electrons. The van der Waals surface area contributed by atoms with Gasteiger partial charge in [-0.05, 0) is 18.6 Å². The number of nitrogens with two attached hydrogens (primary N) is 1. The Kier molecular flexibility index (Phi) is 5.48. The van der Waals surface area contributed by atoms with Crippen LogP contribution in [0.4, 0.5) is 5.82 Å². The normalized spacial score (nSPS) is 9.95. The van der Waals surface area contributed by atoms with Gasteiger partial charge in [-0.2, -0.15) is 0 Å². The molecule has 7 heteroatoms. The van der Waals surface area contributed by atoms with Gasteiger partial charge in [0.25, 0.3) is 5.91 Å². The van der Waals surface area contributed by atoms with Gasteiger partial charge in [-0.25, -0.2) is 10.8 Å². The number of para-hydroxylation sites is 1. The van der Waals surface area contributed by atoms with Gasteiger partial charge in [0.05, 0.1) is 19.0 Å². The Morgan fingerprint density at radius 1 is 1.24 bits per heavy atom. The Balaban J connectivity index is 1.69. The summed E-state index contributed by atoms with van der Waals surface area (Å²) in [5.41, 5.74) is 2.56. The van der Waals surface area contributed by atoms with Crippen molar-refractivity contribution >= 4 is 11.7 Å². The molecule has 1 amide bonds. The molecule has 0 saturated heterocycles. The molecule has 0 aliphatic rings. The Hall–Kier alpha value is -2.67. The van der Waals surface area contributed by atoms with Crippen LogP contribution in [-0.4, -0.2) is 29.0 Å². The number of nitrogen functional groups attached to an aromatic ring is 1. The number of carbonyl (C=O) groups is 1. The number of amides is 1. The molecule has 1 aromatic heterocycles. The molecule has 0 bridgehead atoms. The Morgan fingerprint density at radius 2 is 2.05 bits per heavy atom. The number of benzene rings is 1. The van der Waals surface area contributed by atoms with Crippen LogP contribution in [-0.2, 0) is 0 Å². The molecule has 2 rings (SSSR count). The summed E-state index contributed by atoms with van der Waals surface area (Å²) < 4.78 is 5.52. The van der Waals surface area contributed by atoms with Crippen molar-refractivity contribution in [2.24, 2.45) is 5.84 Å². The van der Waals surface area contributed by atoms with E-state index >= 15 is 0 Å². The van der Waals surface area contributed by atoms with Crippen LogP contribution in [0.1, 0.15) is 16.9 Å². The minimum Gasteiger partial charge on any atom is -0.494 e. The summed E-state index contributed by atoms with van der Waals surface area (Å²) in [4.78, 5) is 19.7. The van der Waals surface area contributed by atoms with E-state index in [0.717, 1.165) is 5.75 Å². The zero-order valence-electron chi connectivity index (χ0n) is 11.5. The molecular weight excluding hydrogens is 270 g/mol. The molecule has 4 N–H and O–H groups in total. The summed E-state index contributed by atoms with van der Waals surface area (Å²) in [6.07, 6.45) is 3.52. The monoisotopic (exact) mass is 287 g/mol. The lowest BCUT2D eigenvalue weighted by Crippen LogP contribution is -2.27. The highest BCUT2D eigenvalue weighted by molar-refractivity contribution is 5.92. The zero-order chi connectivity index (χ0) is 14.9. The zero-order valence-corrected chi connectivity index (χ0v) is 11.5. The van der Waals surface area contributed by atoms with E-state index in [0.29, 0.717) is 25.4 Å². The van der Waals surface area contributed by atoms with Crippen LogP contribution in [0, 0.1) is 0 Å². The molecule has 110 valence electrons. The Labute approximate surface area is 122 Å². The molecular formula is C14H17N5O2. The number of nitrogens with zero attached hydrogens (tertiary/aromatic N) is 2. The van der Waals surface area contributed by atoms with Gasteiger partial charge in [0, 0.05) is 6.54 Å². The second-order valence-corrected chi connectivity index (χ2v) is 4.20. The van der Waals surface area contributed by atoms with Crippen molar-refractivity contribution in [3.8, 4) is 5.75 Å². The maximum absolute atomic E-state index is 11.8. The van der Waals surface area contributed by atoms with Gasteiger partial charge in [-0.15, -0.1) is 0 Å². The summed E-state index contributed by atoms with van der Waals surface area (Å²) in [5, 5.41) is 2.75. The largest absolute Gasteiger partial charge is 0.494 e. The first-order valence-corrected chi connectivity index (χ1v) is 6.54. The predicted octanol–water partition coefficient (Wildman–Crippen LogP) is 0.961. The van der Waals surface area contributed by atoms with Crippen molar-refractivity contribution in [3.63, 3.8) is 0 Å². The third-order valence-electron chi connectivity index (χ3n) is 2.63. The van der Waals surface area contributed by atoms with E-state index in [9.17, 15) is 4.79 Å². The SMILES string of the molecule is NNc1cncc(C(=O)NCCCOc2ccccc2)n1. The third kappa shape index (κ3) is 4.73. The number of nitrogens with one attached hydrogen (secondary N) is 2. The molecule has 0 aliphatic heterocycles. The Morgan fingerprint density at radius 3 is 2.81 bits per heavy atom. The van der Waals surface area contributed by atoms with Crippen LogP contribution >= 0.6 is 0 Å². The van der Waals surface area contributed by atoms with Gasteiger partial charge in [-0.1, -0.05) is 18.2 Å². The van der Waals surface area contributed by atoms with Gasteiger partial charge in [0.1, 0.15) is 11.4 Å². The van der Waals surface area contributed by atoms with Crippen molar-refractivity contribution in [2.75, 3.05) is 18.6 Å². The maximum Gasteiger partial charge on any atom is 0.271 e. The maximum atomic E-state index is 11.8. The summed E-state index contributed by atoms with van der Waals surface area (Å²) in [6, 6.07) is 9.53. The summed E-state index contributed by atoms with van der Waals surface area (Å²) in [6.45, 7) is 1.02. The Bertz CT molecular complexity index is 577. The molecule has 0 unspecified atom stereocenters. The van der Waals surface area contributed by atoms with Crippen molar-refractivity contribution in [1.82, 2.24) is 15.3 Å². The number of rotatable bonds is 7. The average molecular weight is 287 g/mol. The van der Waals surface area contributed by atoms with E-state index in [1.165, 1.54) is 12.4 Å². The van der Waals surface area contributed by atoms with Crippen LogP contribution in [0.15, 0.2) is 42.7 Å². The number of carbonyl (C=O) groups excluding carboxylic acids is 1. The molecule has 0 aliphatic carbocycles. The average Bonchev–Trinajstić information content (AvgIpc) is 2.55. The van der Waals surface area contributed by atoms with Gasteiger partial charge in [-0.3, -0.25) is 9.78 Å². The minimum absolute atomic E-state index is 0.217. The lowest BCUT2D eigenvalue weighted by molar-refractivity contribution is 0.0946. The first-order chi connectivity index (χ1) is 10.3. The lowest BCUT2D eigenvalue weighted by atomic mass is 10.3. The fraction of sp³-hybridized carbons (Fsp3) is 0.214. The number of aromatic nitrogens is 2. The van der Waals surface area contributed by atoms with Crippen LogP contribution in [0.2, 0.25) is 0 Å². The van der Waals surface area contributed by atoms with Gasteiger partial charge >= 0.3 is 0 Å². The lowest BCUT2D eigenvalue weighted by Gasteiger charge is -2.07. The van der Waals surface area contributed by atoms with E-state index in [2.05, 4.69) is 20.7 Å². The number of ether oxygens (including phenoxy) is 1. The van der Waals surface area contributed by atoms with Gasteiger partial charge < -0.3 is 15.5 Å². The van der Waals surface area contributed by atoms with Crippen molar-refractivity contribution in [3.05, 3.63) is 48.4 Å². The van der Waals surface area contributed by atoms with Crippen LogP contribution < -0.4 is 21.3 Å². The molecule has 0 saturated carbocycles. The number of anilines is 1. The van der Waals surface area contributed by atoms with Crippen molar-refractivity contribution in [2.45, 2.75) is 6.42 Å². The molecule has 0 spiro atoms. The molecule has 1 aromatic carbocycles. The minimum atomic E-state index is -0.292. The summed E-state index contributed by atoms with van der Waals surface area (Å²) >= 11 is 0. The first kappa shape index (κ1) is 14.7. The fourth-order valence-electron chi connectivity index (χ4n) is 1.62. The van der Waals surface area contributed by atoms with E-state index in [1.807, 2.05) is 30.3 Å². The molecule has 0 atom stereocenters. The molecule has 21 heavy (non-hydrogen) atoms. The topological polar surface area (TPSA) is 102 Å². The molecule has 7 nitrogen and oxygen atoms in total. The van der Waals surface area contributed by atoms with E-state index in [-0.39, 0.29) is 11.6 Å². The van der Waals surface area contributed by atoms with E-state index < -0.39 is 0 Å². The number of hydrazine groups is 1.